The number of carbonyl (C=O) groups excluding carboxylic acids is 1. The van der Waals surface area contributed by atoms with E-state index in [-0.39, 0.29) is 11.9 Å². The molecule has 1 atom stereocenters. The Morgan fingerprint density at radius 1 is 1.62 bits per heavy atom. The lowest BCUT2D eigenvalue weighted by Crippen LogP contribution is -2.54. The van der Waals surface area contributed by atoms with Crippen LogP contribution in [0.4, 0.5) is 5.82 Å². The monoisotopic (exact) mass is 216 g/mol. The second-order valence-electron chi connectivity index (χ2n) is 3.65. The average molecular weight is 216 g/mol. The number of hydrogen-bond acceptors (Lipinski definition) is 4. The van der Waals surface area contributed by atoms with Crippen LogP contribution in [0.25, 0.3) is 0 Å². The first-order valence-electron chi connectivity index (χ1n) is 5.14. The fourth-order valence-electron chi connectivity index (χ4n) is 1.74. The van der Waals surface area contributed by atoms with E-state index in [4.69, 9.17) is 5.26 Å². The molecule has 5 heteroatoms. The molecule has 1 unspecified atom stereocenters. The topological polar surface area (TPSA) is 69.0 Å². The number of piperazine rings is 1. The smallest absolute Gasteiger partial charge is 0.242 e. The predicted octanol–water partition coefficient (Wildman–Crippen LogP) is 0.278. The van der Waals surface area contributed by atoms with Gasteiger partial charge in [0.25, 0.3) is 0 Å². The molecule has 16 heavy (non-hydrogen) atoms. The molecule has 2 heterocycles. The Bertz CT molecular complexity index is 452. The van der Waals surface area contributed by atoms with Crippen molar-refractivity contribution < 1.29 is 4.79 Å². The average Bonchev–Trinajstić information content (AvgIpc) is 2.33. The van der Waals surface area contributed by atoms with Crippen molar-refractivity contribution in [3.05, 3.63) is 23.9 Å². The summed E-state index contributed by atoms with van der Waals surface area (Å²) in [6, 6.07) is 7.00. The summed E-state index contributed by atoms with van der Waals surface area (Å²) in [5.41, 5.74) is 0.371. The maximum absolute atomic E-state index is 11.5. The Kier molecular flexibility index (Phi) is 2.73. The minimum atomic E-state index is -0.241. The van der Waals surface area contributed by atoms with Crippen molar-refractivity contribution >= 4 is 11.7 Å². The number of nitrogens with zero attached hydrogens (tertiary/aromatic N) is 3. The van der Waals surface area contributed by atoms with E-state index < -0.39 is 0 Å². The van der Waals surface area contributed by atoms with E-state index in [2.05, 4.69) is 10.3 Å². The van der Waals surface area contributed by atoms with Crippen LogP contribution in [0, 0.1) is 11.3 Å². The number of nitrogens with one attached hydrogen (secondary N) is 1. The van der Waals surface area contributed by atoms with Crippen molar-refractivity contribution in [1.29, 1.82) is 5.26 Å². The lowest BCUT2D eigenvalue weighted by Gasteiger charge is -2.33. The van der Waals surface area contributed by atoms with Gasteiger partial charge in [-0.1, -0.05) is 6.07 Å². The van der Waals surface area contributed by atoms with Crippen LogP contribution >= 0.6 is 0 Å². The zero-order chi connectivity index (χ0) is 11.5. The molecule has 1 aliphatic heterocycles. The van der Waals surface area contributed by atoms with Gasteiger partial charge in [-0.3, -0.25) is 4.79 Å². The first-order chi connectivity index (χ1) is 7.72. The van der Waals surface area contributed by atoms with Crippen molar-refractivity contribution in [3.8, 4) is 6.07 Å². The maximum Gasteiger partial charge on any atom is 0.242 e. The van der Waals surface area contributed by atoms with Gasteiger partial charge in [0.05, 0.1) is 0 Å². The second kappa shape index (κ2) is 4.19. The summed E-state index contributed by atoms with van der Waals surface area (Å²) in [7, 11) is 0. The molecule has 1 fully saturated rings. The molecular weight excluding hydrogens is 204 g/mol. The van der Waals surface area contributed by atoms with Gasteiger partial charge in [0.2, 0.25) is 5.91 Å². The van der Waals surface area contributed by atoms with Gasteiger partial charge in [-0.05, 0) is 19.1 Å². The number of hydrogen-bond donors (Lipinski definition) is 1. The largest absolute Gasteiger partial charge is 0.353 e. The summed E-state index contributed by atoms with van der Waals surface area (Å²) in [6.07, 6.45) is 0. The van der Waals surface area contributed by atoms with E-state index in [1.54, 1.807) is 12.1 Å². The van der Waals surface area contributed by atoms with E-state index in [0.717, 1.165) is 6.54 Å². The first kappa shape index (κ1) is 10.4. The highest BCUT2D eigenvalue weighted by Gasteiger charge is 2.26. The molecular formula is C11H12N4O. The molecule has 5 nitrogen and oxygen atoms in total. The van der Waals surface area contributed by atoms with Gasteiger partial charge < -0.3 is 10.2 Å². The summed E-state index contributed by atoms with van der Waals surface area (Å²) < 4.78 is 0. The number of anilines is 1. The summed E-state index contributed by atoms with van der Waals surface area (Å²) in [5.74, 6) is 0.678. The van der Waals surface area contributed by atoms with Crippen LogP contribution in [0.5, 0.6) is 0 Å². The van der Waals surface area contributed by atoms with Gasteiger partial charge in [0.15, 0.2) is 0 Å². The highest BCUT2D eigenvalue weighted by atomic mass is 16.2. The molecule has 0 spiro atoms. The second-order valence-corrected chi connectivity index (χ2v) is 3.65. The Balaban J connectivity index is 2.29. The van der Waals surface area contributed by atoms with Crippen molar-refractivity contribution in [3.63, 3.8) is 0 Å². The van der Waals surface area contributed by atoms with Gasteiger partial charge >= 0.3 is 0 Å². The predicted molar refractivity (Wildman–Crippen MR) is 58.8 cm³/mol. The zero-order valence-electron chi connectivity index (χ0n) is 8.97. The van der Waals surface area contributed by atoms with E-state index in [1.807, 2.05) is 24.0 Å². The fraction of sp³-hybridized carbons (Fsp3) is 0.364. The van der Waals surface area contributed by atoms with Gasteiger partial charge in [0.1, 0.15) is 23.6 Å². The minimum Gasteiger partial charge on any atom is -0.353 e. The molecule has 0 aromatic carbocycles. The molecule has 1 saturated heterocycles. The molecule has 0 bridgehead atoms. The number of rotatable bonds is 1. The maximum atomic E-state index is 11.5. The molecule has 0 saturated carbocycles. The summed E-state index contributed by atoms with van der Waals surface area (Å²) >= 11 is 0. The van der Waals surface area contributed by atoms with Gasteiger partial charge in [-0.25, -0.2) is 4.98 Å². The van der Waals surface area contributed by atoms with Gasteiger partial charge in [-0.2, -0.15) is 5.26 Å². The lowest BCUT2D eigenvalue weighted by atomic mass is 10.2. The fourth-order valence-corrected chi connectivity index (χ4v) is 1.74. The molecule has 82 valence electrons. The third kappa shape index (κ3) is 1.82. The van der Waals surface area contributed by atoms with E-state index in [9.17, 15) is 4.79 Å². The quantitative estimate of drug-likeness (QED) is 0.732. The minimum absolute atomic E-state index is 0.00425. The zero-order valence-corrected chi connectivity index (χ0v) is 8.97. The van der Waals surface area contributed by atoms with Crippen LogP contribution in [-0.4, -0.2) is 30.0 Å². The Labute approximate surface area is 93.7 Å². The summed E-state index contributed by atoms with van der Waals surface area (Å²) in [6.45, 7) is 3.16. The third-order valence-corrected chi connectivity index (χ3v) is 2.64. The number of aromatic nitrogens is 1. The highest BCUT2D eigenvalue weighted by molar-refractivity contribution is 5.85. The van der Waals surface area contributed by atoms with E-state index in [0.29, 0.717) is 18.1 Å². The van der Waals surface area contributed by atoms with Crippen LogP contribution in [0.3, 0.4) is 0 Å². The Morgan fingerprint density at radius 3 is 3.19 bits per heavy atom. The molecule has 1 aromatic rings. The van der Waals surface area contributed by atoms with Crippen molar-refractivity contribution in [1.82, 2.24) is 10.3 Å². The van der Waals surface area contributed by atoms with Gasteiger partial charge in [0, 0.05) is 13.1 Å². The van der Waals surface area contributed by atoms with Crippen molar-refractivity contribution in [2.24, 2.45) is 0 Å². The Morgan fingerprint density at radius 2 is 2.44 bits per heavy atom. The van der Waals surface area contributed by atoms with E-state index in [1.165, 1.54) is 0 Å². The molecule has 2 rings (SSSR count). The molecule has 0 aliphatic carbocycles. The Hall–Kier alpha value is -2.09. The van der Waals surface area contributed by atoms with Crippen LogP contribution in [0.1, 0.15) is 12.6 Å². The number of pyridine rings is 1. The highest BCUT2D eigenvalue weighted by Crippen LogP contribution is 2.16. The molecule has 0 radical (unpaired) electrons. The van der Waals surface area contributed by atoms with Crippen molar-refractivity contribution in [2.45, 2.75) is 13.0 Å². The van der Waals surface area contributed by atoms with Crippen LogP contribution in [0.15, 0.2) is 18.2 Å². The van der Waals surface area contributed by atoms with E-state index >= 15 is 0 Å². The molecule has 1 aliphatic rings. The van der Waals surface area contributed by atoms with Crippen LogP contribution in [0.2, 0.25) is 0 Å². The summed E-state index contributed by atoms with van der Waals surface area (Å²) in [5, 5.41) is 11.6. The molecule has 1 N–H and O–H groups in total. The summed E-state index contributed by atoms with van der Waals surface area (Å²) in [4.78, 5) is 17.6. The standard InChI is InChI=1S/C11H12N4O/c1-8-11(16)13-5-6-15(8)10-4-2-3-9(7-12)14-10/h2-4,8H,5-6H2,1H3,(H,13,16). The number of nitriles is 1. The van der Waals surface area contributed by atoms with Crippen LogP contribution < -0.4 is 10.2 Å². The SMILES string of the molecule is CC1C(=O)NCCN1c1cccc(C#N)n1. The van der Waals surface area contributed by atoms with Crippen LogP contribution in [-0.2, 0) is 4.79 Å². The first-order valence-corrected chi connectivity index (χ1v) is 5.14. The number of amides is 1. The molecule has 1 amide bonds. The normalized spacial score (nSPS) is 20.1. The number of carbonyl (C=O) groups is 1. The lowest BCUT2D eigenvalue weighted by molar-refractivity contribution is -0.122. The van der Waals surface area contributed by atoms with Gasteiger partial charge in [-0.15, -0.1) is 0 Å². The molecule has 1 aromatic heterocycles. The van der Waals surface area contributed by atoms with Crippen molar-refractivity contribution in [2.75, 3.05) is 18.0 Å². The third-order valence-electron chi connectivity index (χ3n) is 2.64.